The summed E-state index contributed by atoms with van der Waals surface area (Å²) < 4.78 is 42.4. The lowest BCUT2D eigenvalue weighted by Gasteiger charge is -2.43. The van der Waals surface area contributed by atoms with Crippen LogP contribution in [0.4, 0.5) is 15.0 Å². The van der Waals surface area contributed by atoms with Crippen LogP contribution in [0.25, 0.3) is 54.6 Å². The van der Waals surface area contributed by atoms with Crippen LogP contribution in [-0.4, -0.2) is 173 Å². The van der Waals surface area contributed by atoms with Crippen molar-refractivity contribution in [1.29, 1.82) is 0 Å². The van der Waals surface area contributed by atoms with Crippen molar-refractivity contribution in [2.45, 2.75) is 128 Å². The van der Waals surface area contributed by atoms with Gasteiger partial charge in [0, 0.05) is 79.5 Å². The van der Waals surface area contributed by atoms with Gasteiger partial charge in [0.2, 0.25) is 11.8 Å². The number of amides is 3. The number of carbonyl (C=O) groups is 3. The molecule has 6 heterocycles. The number of benzene rings is 4. The lowest BCUT2D eigenvalue weighted by molar-refractivity contribution is -0.142. The lowest BCUT2D eigenvalue weighted by Crippen LogP contribution is -2.58. The minimum atomic E-state index is -0.998. The first kappa shape index (κ1) is 60.1. The molecule has 2 saturated heterocycles. The van der Waals surface area contributed by atoms with E-state index in [2.05, 4.69) is 47.1 Å². The van der Waals surface area contributed by atoms with Gasteiger partial charge in [-0.25, -0.2) is 18.9 Å². The van der Waals surface area contributed by atoms with E-state index < -0.39 is 41.9 Å². The fourth-order valence-corrected chi connectivity index (χ4v) is 12.9. The van der Waals surface area contributed by atoms with Gasteiger partial charge in [-0.05, 0) is 99.5 Å². The molecule has 4 aromatic carbocycles. The maximum Gasteiger partial charge on any atom is 0.410 e. The lowest BCUT2D eigenvalue weighted by atomic mass is 9.88. The molecule has 5 N–H and O–H groups in total. The van der Waals surface area contributed by atoms with Crippen molar-refractivity contribution in [3.05, 3.63) is 112 Å². The third-order valence-electron chi connectivity index (χ3n) is 17.6. The molecule has 2 aliphatic carbocycles. The number of aliphatic hydroxyl groups excluding tert-OH is 2. The summed E-state index contributed by atoms with van der Waals surface area (Å²) in [7, 11) is 5.67. The number of H-pyrrole nitrogens is 1. The smallest absolute Gasteiger partial charge is 0.410 e. The summed E-state index contributed by atoms with van der Waals surface area (Å²) in [5.74, 6) is -0.557. The Kier molecular flexibility index (Phi) is 17.2. The molecule has 3 amide bonds. The average Bonchev–Trinajstić information content (AvgIpc) is 1.33. The van der Waals surface area contributed by atoms with Crippen molar-refractivity contribution in [2.24, 2.45) is 5.92 Å². The van der Waals surface area contributed by atoms with Crippen LogP contribution in [0.3, 0.4) is 0 Å². The van der Waals surface area contributed by atoms with E-state index >= 15 is 4.39 Å². The number of ether oxygens (including phenoxy) is 4. The Morgan fingerprint density at radius 2 is 1.68 bits per heavy atom. The molecule has 8 aromatic rings. The molecule has 0 unspecified atom stereocenters. The molecule has 2 aliphatic heterocycles. The van der Waals surface area contributed by atoms with Gasteiger partial charge in [-0.1, -0.05) is 67.6 Å². The normalized spacial score (nSPS) is 19.6. The Morgan fingerprint density at radius 1 is 0.932 bits per heavy atom. The van der Waals surface area contributed by atoms with E-state index in [9.17, 15) is 24.6 Å². The maximum absolute atomic E-state index is 16.2. The minimum Gasteiger partial charge on any atom is -0.486 e. The molecule has 12 rings (SSSR count). The van der Waals surface area contributed by atoms with Crippen LogP contribution >= 0.6 is 11.3 Å². The van der Waals surface area contributed by atoms with Crippen LogP contribution < -0.4 is 20.1 Å². The number of halogens is 1. The van der Waals surface area contributed by atoms with Crippen LogP contribution in [0.1, 0.15) is 98.8 Å². The van der Waals surface area contributed by atoms with Gasteiger partial charge >= 0.3 is 12.1 Å². The van der Waals surface area contributed by atoms with Gasteiger partial charge < -0.3 is 54.5 Å². The molecule has 2 saturated carbocycles. The van der Waals surface area contributed by atoms with Gasteiger partial charge in [-0.2, -0.15) is 15.1 Å². The summed E-state index contributed by atoms with van der Waals surface area (Å²) in [6.07, 6.45) is 5.20. The Labute approximate surface area is 512 Å². The summed E-state index contributed by atoms with van der Waals surface area (Å²) in [5.41, 5.74) is 10.0. The third kappa shape index (κ3) is 12.2. The predicted octanol–water partition coefficient (Wildman–Crippen LogP) is 8.52. The van der Waals surface area contributed by atoms with Crippen LogP contribution in [-0.2, 0) is 25.7 Å². The minimum absolute atomic E-state index is 0.0270. The molecule has 0 bridgehead atoms. The van der Waals surface area contributed by atoms with E-state index in [0.717, 1.165) is 58.3 Å². The Hall–Kier alpha value is -8.16. The highest BCUT2D eigenvalue weighted by atomic mass is 32.1. The number of carbonyl (C=O) groups excluding carboxylic acids is 3. The topological polar surface area (TPSA) is 260 Å². The molecule has 4 fully saturated rings. The molecule has 88 heavy (non-hydrogen) atoms. The number of hydrogen-bond acceptors (Lipinski definition) is 18. The van der Waals surface area contributed by atoms with Gasteiger partial charge in [0.05, 0.1) is 64.9 Å². The van der Waals surface area contributed by atoms with E-state index in [4.69, 9.17) is 28.9 Å². The molecule has 0 radical (unpaired) electrons. The van der Waals surface area contributed by atoms with E-state index in [-0.39, 0.29) is 75.0 Å². The summed E-state index contributed by atoms with van der Waals surface area (Å²) in [6.45, 7) is 9.94. The first-order chi connectivity index (χ1) is 42.4. The maximum atomic E-state index is 16.2. The third-order valence-corrected chi connectivity index (χ3v) is 18.5. The fourth-order valence-electron chi connectivity index (χ4n) is 12.1. The quantitative estimate of drug-likeness (QED) is 0.0426. The van der Waals surface area contributed by atoms with Crippen LogP contribution in [0.5, 0.6) is 11.8 Å². The zero-order valence-electron chi connectivity index (χ0n) is 50.6. The fraction of sp³-hybridized carbons (Fsp3) is 0.453. The number of hydrogen-bond donors (Lipinski definition) is 5. The second kappa shape index (κ2) is 25.1. The molecule has 22 nitrogen and oxygen atoms in total. The van der Waals surface area contributed by atoms with Crippen molar-refractivity contribution in [3.8, 4) is 44.6 Å². The van der Waals surface area contributed by atoms with E-state index in [1.54, 1.807) is 36.8 Å². The van der Waals surface area contributed by atoms with Gasteiger partial charge in [-0.3, -0.25) is 14.7 Å². The highest BCUT2D eigenvalue weighted by Crippen LogP contribution is 2.53. The zero-order chi connectivity index (χ0) is 61.7. The van der Waals surface area contributed by atoms with Gasteiger partial charge in [0.1, 0.15) is 54.2 Å². The second-order valence-electron chi connectivity index (χ2n) is 24.4. The number of fused-ring (bicyclic) bond motifs is 2. The number of thiazole rings is 1. The molecule has 4 aliphatic rings. The average molecular weight is 1220 g/mol. The number of likely N-dealkylation sites (tertiary alicyclic amines) is 2. The van der Waals surface area contributed by atoms with Crippen molar-refractivity contribution < 1.29 is 47.9 Å². The van der Waals surface area contributed by atoms with Crippen molar-refractivity contribution in [1.82, 2.24) is 60.2 Å². The Bertz CT molecular complexity index is 3860. The van der Waals surface area contributed by atoms with Gasteiger partial charge in [0.25, 0.3) is 0 Å². The standard InChI is InChI=1S/C64H74FN13O9S/c1-33(2)57(62(82)77-27-44(80)21-53(77)61(81)69-52(29-79)40-15-17-41(18-16-40)59-36(5)66-32-88-59)78-28-51(73-74-78)39-11-9-37(10-12-39)31-85-58-55(54-35(4)49(65)23-50-48(54)24-67-72-50)46(38-13-14-38)22-47-56(58)70-63(86-30-34(3)84-8)71-60(47)68-42-25-76(26-42)64(83)87-45-19-43(20-45)75(6)7/h9-12,15-18,22-24,28,32-34,38,42-45,52-53,57,79-80H,13-14,19-21,25-27,29-31H2,1-8H3,(H,67,72)(H,69,81)(H,68,70,71)/t34-,43?,44+,45?,52-,53-,57-/m0/s1. The number of nitrogens with one attached hydrogen (secondary N) is 3. The highest BCUT2D eigenvalue weighted by Gasteiger charge is 2.44. The van der Waals surface area contributed by atoms with E-state index in [1.165, 1.54) is 27.0 Å². The molecule has 4 aromatic heterocycles. The van der Waals surface area contributed by atoms with Crippen LogP contribution in [0.2, 0.25) is 0 Å². The predicted molar refractivity (Wildman–Crippen MR) is 329 cm³/mol. The second-order valence-corrected chi connectivity index (χ2v) is 25.2. The van der Waals surface area contributed by atoms with Crippen molar-refractivity contribution in [3.63, 3.8) is 0 Å². The summed E-state index contributed by atoms with van der Waals surface area (Å²) in [4.78, 5) is 62.6. The number of aryl methyl sites for hydroxylation is 1. The molecular weight excluding hydrogens is 1150 g/mol. The van der Waals surface area contributed by atoms with Crippen LogP contribution in [0, 0.1) is 25.6 Å². The summed E-state index contributed by atoms with van der Waals surface area (Å²) in [5, 5.41) is 45.6. The number of nitrogens with zero attached hydrogens (tertiary/aromatic N) is 10. The van der Waals surface area contributed by atoms with Crippen molar-refractivity contribution >= 4 is 56.9 Å². The SMILES string of the molecule is CO[C@@H](C)COc1nc(NC2CN(C(=O)OC3CC(N(C)C)C3)C2)c2cc(C3CC3)c(-c3c(C)c(F)cc4[nH]ncc34)c(OCc3ccc(-c4cn([C@H](C(=O)N5C[C@H](O)C[C@H]5C(=O)N[C@@H](CO)c5ccc(-c6scnc6C)cc5)C(C)C)nn4)cc3)c2n1. The molecule has 5 atom stereocenters. The number of aromatic nitrogens is 8. The number of methoxy groups -OCH3 is 1. The molecule has 462 valence electrons. The molecule has 24 heteroatoms. The number of β-amino-alcohol motifs (C(OH)–C–C–N with tert-alkyl or cyclic N) is 1. The van der Waals surface area contributed by atoms with E-state index in [0.29, 0.717) is 80.6 Å². The first-order valence-corrected chi connectivity index (χ1v) is 30.9. The monoisotopic (exact) mass is 1220 g/mol. The largest absolute Gasteiger partial charge is 0.486 e. The Balaban J connectivity index is 0.806. The van der Waals surface area contributed by atoms with Crippen LogP contribution in [0.15, 0.2) is 78.6 Å². The number of anilines is 1. The Morgan fingerprint density at radius 3 is 2.36 bits per heavy atom. The zero-order valence-corrected chi connectivity index (χ0v) is 51.4. The highest BCUT2D eigenvalue weighted by molar-refractivity contribution is 7.13. The van der Waals surface area contributed by atoms with E-state index in [1.807, 2.05) is 90.3 Å². The molecule has 0 spiro atoms. The number of aliphatic hydroxyl groups is 2. The number of aromatic amines is 1. The van der Waals surface area contributed by atoms with Gasteiger partial charge in [0.15, 0.2) is 5.75 Å². The summed E-state index contributed by atoms with van der Waals surface area (Å²) in [6, 6.07) is 16.4. The summed E-state index contributed by atoms with van der Waals surface area (Å²) >= 11 is 1.53. The molecular formula is C64H74FN13O9S. The number of rotatable bonds is 22. The first-order valence-electron chi connectivity index (χ1n) is 30.0. The van der Waals surface area contributed by atoms with Crippen molar-refractivity contribution in [2.75, 3.05) is 59.4 Å². The van der Waals surface area contributed by atoms with Gasteiger partial charge in [-0.15, -0.1) is 16.4 Å².